The number of hydrogen-bond acceptors (Lipinski definition) is 7. The number of hydrogen-bond donors (Lipinski definition) is 5. The number of rotatable bonds is 4. The second-order valence-electron chi connectivity index (χ2n) is 5.61. The van der Waals surface area contributed by atoms with Gasteiger partial charge in [-0.05, 0) is 11.1 Å². The van der Waals surface area contributed by atoms with Crippen molar-refractivity contribution in [2.45, 2.75) is 18.2 Å². The lowest BCUT2D eigenvalue weighted by atomic mass is 10.00. The number of carbonyl (C=O) groups is 1. The van der Waals surface area contributed by atoms with Gasteiger partial charge in [0.05, 0.1) is 12.6 Å². The first-order valence-corrected chi connectivity index (χ1v) is 7.93. The molecule has 0 fully saturated rings. The van der Waals surface area contributed by atoms with Crippen LogP contribution in [0.25, 0.3) is 0 Å². The molecule has 0 radical (unpaired) electrons. The van der Waals surface area contributed by atoms with E-state index in [1.807, 2.05) is 36.4 Å². The molecule has 7 nitrogen and oxygen atoms in total. The number of aliphatic hydroxyl groups excluding tert-OH is 4. The minimum absolute atomic E-state index is 0.0163. The zero-order valence-corrected chi connectivity index (χ0v) is 13.9. The van der Waals surface area contributed by atoms with Crippen LogP contribution in [0, 0.1) is 0 Å². The summed E-state index contributed by atoms with van der Waals surface area (Å²) >= 11 is 0. The molecule has 2 atom stereocenters. The van der Waals surface area contributed by atoms with E-state index in [1.54, 1.807) is 0 Å². The van der Waals surface area contributed by atoms with Gasteiger partial charge in [-0.1, -0.05) is 60.7 Å². The maximum atomic E-state index is 10.5. The molecule has 1 aliphatic rings. The van der Waals surface area contributed by atoms with Crippen LogP contribution in [0.5, 0.6) is 0 Å². The summed E-state index contributed by atoms with van der Waals surface area (Å²) in [5.74, 6) is -2.78. The maximum absolute atomic E-state index is 10.5. The molecular formula is C19H21NO6. The SMILES string of the molecule is NC(c1ccccc1)c1ccccc1.O=C1O[C@H]([C@@H](O)CO)C(O)=C1O. The van der Waals surface area contributed by atoms with Crippen molar-refractivity contribution in [3.05, 3.63) is 83.3 Å². The maximum Gasteiger partial charge on any atom is 0.377 e. The van der Waals surface area contributed by atoms with Crippen LogP contribution in [0.1, 0.15) is 17.2 Å². The predicted octanol–water partition coefficient (Wildman–Crippen LogP) is 1.33. The van der Waals surface area contributed by atoms with E-state index in [1.165, 1.54) is 0 Å². The van der Waals surface area contributed by atoms with Crippen LogP contribution in [0.15, 0.2) is 72.2 Å². The van der Waals surface area contributed by atoms with Crippen LogP contribution in [0.2, 0.25) is 0 Å². The Kier molecular flexibility index (Phi) is 6.74. The van der Waals surface area contributed by atoms with Crippen molar-refractivity contribution in [3.63, 3.8) is 0 Å². The highest BCUT2D eigenvalue weighted by molar-refractivity contribution is 5.89. The highest BCUT2D eigenvalue weighted by Crippen LogP contribution is 2.21. The number of carbonyl (C=O) groups excluding carboxylic acids is 1. The first-order chi connectivity index (χ1) is 12.5. The molecule has 3 rings (SSSR count). The quantitative estimate of drug-likeness (QED) is 0.520. The van der Waals surface area contributed by atoms with Crippen molar-refractivity contribution in [1.82, 2.24) is 0 Å². The predicted molar refractivity (Wildman–Crippen MR) is 94.2 cm³/mol. The largest absolute Gasteiger partial charge is 0.505 e. The number of ether oxygens (including phenoxy) is 1. The Morgan fingerprint density at radius 3 is 1.77 bits per heavy atom. The summed E-state index contributed by atoms with van der Waals surface area (Å²) in [4.78, 5) is 10.5. The van der Waals surface area contributed by atoms with E-state index in [0.717, 1.165) is 11.1 Å². The summed E-state index contributed by atoms with van der Waals surface area (Å²) in [6.07, 6.45) is -2.78. The minimum Gasteiger partial charge on any atom is -0.505 e. The third-order valence-corrected chi connectivity index (χ3v) is 3.79. The Balaban J connectivity index is 0.000000190. The molecule has 2 aromatic rings. The zero-order valence-electron chi connectivity index (χ0n) is 13.9. The number of nitrogens with two attached hydrogens (primary N) is 1. The number of esters is 1. The van der Waals surface area contributed by atoms with Gasteiger partial charge in [-0.2, -0.15) is 0 Å². The van der Waals surface area contributed by atoms with E-state index in [-0.39, 0.29) is 6.04 Å². The van der Waals surface area contributed by atoms with Gasteiger partial charge < -0.3 is 30.9 Å². The average molecular weight is 359 g/mol. The van der Waals surface area contributed by atoms with E-state index in [2.05, 4.69) is 29.0 Å². The third-order valence-electron chi connectivity index (χ3n) is 3.79. The van der Waals surface area contributed by atoms with Crippen LogP contribution in [-0.4, -0.2) is 45.2 Å². The van der Waals surface area contributed by atoms with Gasteiger partial charge in [0.15, 0.2) is 11.9 Å². The lowest BCUT2D eigenvalue weighted by Gasteiger charge is -2.13. The highest BCUT2D eigenvalue weighted by Gasteiger charge is 2.38. The molecule has 0 bridgehead atoms. The smallest absolute Gasteiger partial charge is 0.377 e. The molecule has 0 saturated heterocycles. The summed E-state index contributed by atoms with van der Waals surface area (Å²) in [7, 11) is 0. The second-order valence-corrected chi connectivity index (χ2v) is 5.61. The van der Waals surface area contributed by atoms with E-state index in [4.69, 9.17) is 26.2 Å². The Morgan fingerprint density at radius 1 is 0.962 bits per heavy atom. The van der Waals surface area contributed by atoms with Crippen molar-refractivity contribution in [2.75, 3.05) is 6.61 Å². The monoisotopic (exact) mass is 359 g/mol. The molecule has 0 saturated carbocycles. The third kappa shape index (κ3) is 4.60. The molecule has 0 aliphatic carbocycles. The molecule has 0 amide bonds. The van der Waals surface area contributed by atoms with Gasteiger partial charge in [0, 0.05) is 0 Å². The van der Waals surface area contributed by atoms with Crippen LogP contribution in [-0.2, 0) is 9.53 Å². The van der Waals surface area contributed by atoms with Crippen molar-refractivity contribution >= 4 is 5.97 Å². The van der Waals surface area contributed by atoms with Crippen LogP contribution in [0.3, 0.4) is 0 Å². The van der Waals surface area contributed by atoms with Gasteiger partial charge in [-0.15, -0.1) is 0 Å². The fourth-order valence-electron chi connectivity index (χ4n) is 2.34. The topological polar surface area (TPSA) is 133 Å². The number of cyclic esters (lactones) is 1. The Morgan fingerprint density at radius 2 is 1.42 bits per heavy atom. The summed E-state index contributed by atoms with van der Waals surface area (Å²) in [5.41, 5.74) is 8.42. The molecule has 26 heavy (non-hydrogen) atoms. The molecule has 0 aromatic heterocycles. The van der Waals surface area contributed by atoms with Gasteiger partial charge in [-0.3, -0.25) is 0 Å². The molecule has 7 heteroatoms. The van der Waals surface area contributed by atoms with E-state index >= 15 is 0 Å². The van der Waals surface area contributed by atoms with Gasteiger partial charge in [0.1, 0.15) is 6.10 Å². The molecule has 1 heterocycles. The zero-order chi connectivity index (χ0) is 19.1. The molecule has 1 aliphatic heterocycles. The first kappa shape index (κ1) is 19.5. The normalized spacial score (nSPS) is 17.5. The molecule has 138 valence electrons. The van der Waals surface area contributed by atoms with E-state index in [0.29, 0.717) is 0 Å². The van der Waals surface area contributed by atoms with Crippen molar-refractivity contribution in [3.8, 4) is 0 Å². The minimum atomic E-state index is -1.42. The summed E-state index contributed by atoms with van der Waals surface area (Å²) < 4.78 is 4.32. The van der Waals surface area contributed by atoms with Gasteiger partial charge >= 0.3 is 5.97 Å². The van der Waals surface area contributed by atoms with Crippen LogP contribution < -0.4 is 5.73 Å². The summed E-state index contributed by atoms with van der Waals surface area (Å²) in [6.45, 7) is -0.671. The molecule has 2 aromatic carbocycles. The van der Waals surface area contributed by atoms with E-state index in [9.17, 15) is 4.79 Å². The number of benzene rings is 2. The van der Waals surface area contributed by atoms with E-state index < -0.39 is 36.3 Å². The van der Waals surface area contributed by atoms with Gasteiger partial charge in [0.2, 0.25) is 5.76 Å². The lowest BCUT2D eigenvalue weighted by molar-refractivity contribution is -0.147. The van der Waals surface area contributed by atoms with Crippen molar-refractivity contribution in [1.29, 1.82) is 0 Å². The fraction of sp³-hybridized carbons (Fsp3) is 0.211. The van der Waals surface area contributed by atoms with Gasteiger partial charge in [0.25, 0.3) is 0 Å². The van der Waals surface area contributed by atoms with Crippen molar-refractivity contribution < 1.29 is 30.0 Å². The van der Waals surface area contributed by atoms with Crippen LogP contribution in [0.4, 0.5) is 0 Å². The molecule has 6 N–H and O–H groups in total. The fourth-order valence-corrected chi connectivity index (χ4v) is 2.34. The average Bonchev–Trinajstić information content (AvgIpc) is 2.96. The summed E-state index contributed by atoms with van der Waals surface area (Å²) in [5, 5.41) is 35.0. The van der Waals surface area contributed by atoms with Crippen molar-refractivity contribution in [2.24, 2.45) is 5.73 Å². The van der Waals surface area contributed by atoms with Crippen LogP contribution >= 0.6 is 0 Å². The highest BCUT2D eigenvalue weighted by atomic mass is 16.6. The molecular weight excluding hydrogens is 338 g/mol. The molecule has 0 spiro atoms. The molecule has 0 unspecified atom stereocenters. The lowest BCUT2D eigenvalue weighted by Crippen LogP contribution is -2.31. The Bertz CT molecular complexity index is 708. The Labute approximate surface area is 150 Å². The second kappa shape index (κ2) is 9.00. The number of aliphatic hydroxyl groups is 4. The van der Waals surface area contributed by atoms with Gasteiger partial charge in [-0.25, -0.2) is 4.79 Å². The first-order valence-electron chi connectivity index (χ1n) is 7.93. The Hall–Kier alpha value is -2.87. The standard InChI is InChI=1S/C13H13N.C6H8O6/c14-13(11-7-3-1-4-8-11)12-9-5-2-6-10-12;7-1-2(8)5-3(9)4(10)6(11)12-5/h1-10,13H,14H2;2,5,7-10H,1H2/t;2-,5+/m.0/s1. The summed E-state index contributed by atoms with van der Waals surface area (Å²) in [6, 6.07) is 20.2.